The highest BCUT2D eigenvalue weighted by molar-refractivity contribution is 7.89. The molecule has 0 unspecified atom stereocenters. The number of hydrogen-bond acceptors (Lipinski definition) is 3. The summed E-state index contributed by atoms with van der Waals surface area (Å²) in [6, 6.07) is 13.4. The fraction of sp³-hybridized carbons (Fsp3) is 0.294. The molecule has 2 rings (SSSR count). The predicted octanol–water partition coefficient (Wildman–Crippen LogP) is 2.68. The van der Waals surface area contributed by atoms with E-state index in [1.807, 2.05) is 31.2 Å². The minimum absolute atomic E-state index is 0.0193. The van der Waals surface area contributed by atoms with E-state index >= 15 is 0 Å². The molecule has 0 amide bonds. The Morgan fingerprint density at radius 2 is 1.87 bits per heavy atom. The van der Waals surface area contributed by atoms with Crippen molar-refractivity contribution < 1.29 is 17.5 Å². The van der Waals surface area contributed by atoms with Crippen molar-refractivity contribution in [3.8, 4) is 5.75 Å². The van der Waals surface area contributed by atoms with Crippen LogP contribution in [0, 0.1) is 12.7 Å². The Balaban J connectivity index is 1.72. The summed E-state index contributed by atoms with van der Waals surface area (Å²) in [6.45, 7) is 2.37. The molecule has 0 aliphatic rings. The van der Waals surface area contributed by atoms with Crippen molar-refractivity contribution in [2.24, 2.45) is 0 Å². The normalized spacial score (nSPS) is 11.4. The zero-order valence-corrected chi connectivity index (χ0v) is 13.8. The van der Waals surface area contributed by atoms with Gasteiger partial charge in [-0.1, -0.05) is 29.8 Å². The summed E-state index contributed by atoms with van der Waals surface area (Å²) in [5.41, 5.74) is 2.24. The lowest BCUT2D eigenvalue weighted by Crippen LogP contribution is -2.30. The van der Waals surface area contributed by atoms with Gasteiger partial charge in [-0.3, -0.25) is 0 Å². The van der Waals surface area contributed by atoms with E-state index in [2.05, 4.69) is 4.72 Å². The standard InChI is InChI=1S/C17H20FNO3S/c1-14-3-2-4-15(13-14)9-10-19-23(20,21)12-11-22-17-7-5-16(18)6-8-17/h2-8,13,19H,9-12H2,1H3. The van der Waals surface area contributed by atoms with E-state index in [-0.39, 0.29) is 18.2 Å². The molecule has 0 bridgehead atoms. The highest BCUT2D eigenvalue weighted by Gasteiger charge is 2.10. The maximum absolute atomic E-state index is 12.7. The van der Waals surface area contributed by atoms with Crippen molar-refractivity contribution in [1.82, 2.24) is 4.72 Å². The maximum atomic E-state index is 12.7. The van der Waals surface area contributed by atoms with Gasteiger partial charge in [-0.15, -0.1) is 0 Å². The van der Waals surface area contributed by atoms with E-state index in [1.165, 1.54) is 24.3 Å². The number of sulfonamides is 1. The third kappa shape index (κ3) is 6.38. The molecule has 124 valence electrons. The largest absolute Gasteiger partial charge is 0.492 e. The molecule has 0 saturated heterocycles. The molecule has 0 spiro atoms. The van der Waals surface area contributed by atoms with Crippen LogP contribution in [0.3, 0.4) is 0 Å². The van der Waals surface area contributed by atoms with Gasteiger partial charge in [0.05, 0.1) is 5.75 Å². The molecule has 4 nitrogen and oxygen atoms in total. The van der Waals surface area contributed by atoms with Crippen LogP contribution in [0.2, 0.25) is 0 Å². The van der Waals surface area contributed by atoms with Crippen LogP contribution in [-0.4, -0.2) is 27.3 Å². The van der Waals surface area contributed by atoms with Crippen molar-refractivity contribution in [3.05, 3.63) is 65.5 Å². The minimum atomic E-state index is -3.39. The van der Waals surface area contributed by atoms with Gasteiger partial charge < -0.3 is 4.74 Å². The van der Waals surface area contributed by atoms with Gasteiger partial charge in [-0.25, -0.2) is 17.5 Å². The minimum Gasteiger partial charge on any atom is -0.492 e. The van der Waals surface area contributed by atoms with Crippen LogP contribution in [0.25, 0.3) is 0 Å². The molecular weight excluding hydrogens is 317 g/mol. The van der Waals surface area contributed by atoms with Crippen LogP contribution >= 0.6 is 0 Å². The number of aryl methyl sites for hydroxylation is 1. The smallest absolute Gasteiger partial charge is 0.214 e. The lowest BCUT2D eigenvalue weighted by molar-refractivity contribution is 0.339. The second-order valence-corrected chi connectivity index (χ2v) is 7.18. The second-order valence-electron chi connectivity index (χ2n) is 5.25. The number of nitrogens with one attached hydrogen (secondary N) is 1. The quantitative estimate of drug-likeness (QED) is 0.806. The van der Waals surface area contributed by atoms with Gasteiger partial charge in [0.2, 0.25) is 10.0 Å². The Labute approximate surface area is 136 Å². The first kappa shape index (κ1) is 17.4. The van der Waals surface area contributed by atoms with E-state index in [1.54, 1.807) is 0 Å². The van der Waals surface area contributed by atoms with Gasteiger partial charge in [-0.05, 0) is 43.2 Å². The Morgan fingerprint density at radius 3 is 2.57 bits per heavy atom. The molecule has 0 radical (unpaired) electrons. The van der Waals surface area contributed by atoms with E-state index in [9.17, 15) is 12.8 Å². The summed E-state index contributed by atoms with van der Waals surface area (Å²) in [5.74, 6) is -0.0535. The maximum Gasteiger partial charge on any atom is 0.214 e. The van der Waals surface area contributed by atoms with Gasteiger partial charge in [-0.2, -0.15) is 0 Å². The Kier molecular flexibility index (Phi) is 6.12. The zero-order chi connectivity index (χ0) is 16.7. The van der Waals surface area contributed by atoms with Crippen molar-refractivity contribution in [2.45, 2.75) is 13.3 Å². The van der Waals surface area contributed by atoms with Gasteiger partial charge in [0.15, 0.2) is 0 Å². The van der Waals surface area contributed by atoms with Gasteiger partial charge >= 0.3 is 0 Å². The Morgan fingerprint density at radius 1 is 1.13 bits per heavy atom. The molecule has 0 fully saturated rings. The number of rotatable bonds is 8. The average molecular weight is 337 g/mol. The highest BCUT2D eigenvalue weighted by atomic mass is 32.2. The van der Waals surface area contributed by atoms with Crippen LogP contribution in [-0.2, 0) is 16.4 Å². The zero-order valence-electron chi connectivity index (χ0n) is 13.0. The summed E-state index contributed by atoms with van der Waals surface area (Å²) in [7, 11) is -3.39. The number of halogens is 1. The number of benzene rings is 2. The summed E-state index contributed by atoms with van der Waals surface area (Å²) in [6.07, 6.45) is 0.639. The predicted molar refractivity (Wildman–Crippen MR) is 88.6 cm³/mol. The monoisotopic (exact) mass is 337 g/mol. The third-order valence-corrected chi connectivity index (χ3v) is 4.60. The second kappa shape index (κ2) is 8.08. The molecule has 1 N–H and O–H groups in total. The third-order valence-electron chi connectivity index (χ3n) is 3.25. The lowest BCUT2D eigenvalue weighted by atomic mass is 10.1. The summed E-state index contributed by atoms with van der Waals surface area (Å²) in [4.78, 5) is 0. The molecule has 0 aliphatic carbocycles. The van der Waals surface area contributed by atoms with E-state index in [0.717, 1.165) is 11.1 Å². The molecule has 6 heteroatoms. The van der Waals surface area contributed by atoms with E-state index in [0.29, 0.717) is 18.7 Å². The van der Waals surface area contributed by atoms with Crippen LogP contribution in [0.5, 0.6) is 5.75 Å². The summed E-state index contributed by atoms with van der Waals surface area (Å²) < 4.78 is 44.3. The van der Waals surface area contributed by atoms with Crippen molar-refractivity contribution >= 4 is 10.0 Å². The summed E-state index contributed by atoms with van der Waals surface area (Å²) in [5, 5.41) is 0. The summed E-state index contributed by atoms with van der Waals surface area (Å²) >= 11 is 0. The van der Waals surface area contributed by atoms with Crippen LogP contribution < -0.4 is 9.46 Å². The molecule has 23 heavy (non-hydrogen) atoms. The SMILES string of the molecule is Cc1cccc(CCNS(=O)(=O)CCOc2ccc(F)cc2)c1. The van der Waals surface area contributed by atoms with Crippen molar-refractivity contribution in [1.29, 1.82) is 0 Å². The van der Waals surface area contributed by atoms with E-state index < -0.39 is 10.0 Å². The molecule has 0 atom stereocenters. The van der Waals surface area contributed by atoms with Crippen molar-refractivity contribution in [3.63, 3.8) is 0 Å². The molecular formula is C17H20FNO3S. The molecule has 2 aromatic rings. The van der Waals surface area contributed by atoms with Crippen molar-refractivity contribution in [2.75, 3.05) is 18.9 Å². The van der Waals surface area contributed by atoms with Gasteiger partial charge in [0.25, 0.3) is 0 Å². The van der Waals surface area contributed by atoms with Gasteiger partial charge in [0, 0.05) is 6.54 Å². The van der Waals surface area contributed by atoms with Crippen LogP contribution in [0.4, 0.5) is 4.39 Å². The number of ether oxygens (including phenoxy) is 1. The Hall–Kier alpha value is -1.92. The Bertz CT molecular complexity index is 730. The van der Waals surface area contributed by atoms with Crippen LogP contribution in [0.1, 0.15) is 11.1 Å². The lowest BCUT2D eigenvalue weighted by Gasteiger charge is -2.09. The van der Waals surface area contributed by atoms with Gasteiger partial charge in [0.1, 0.15) is 18.2 Å². The fourth-order valence-electron chi connectivity index (χ4n) is 2.09. The number of hydrogen-bond donors (Lipinski definition) is 1. The first-order chi connectivity index (χ1) is 10.9. The molecule has 0 aliphatic heterocycles. The molecule has 0 aromatic heterocycles. The first-order valence-corrected chi connectivity index (χ1v) is 9.01. The molecule has 0 saturated carbocycles. The fourth-order valence-corrected chi connectivity index (χ4v) is 2.95. The average Bonchev–Trinajstić information content (AvgIpc) is 2.49. The highest BCUT2D eigenvalue weighted by Crippen LogP contribution is 2.11. The van der Waals surface area contributed by atoms with Crippen LogP contribution in [0.15, 0.2) is 48.5 Å². The molecule has 0 heterocycles. The topological polar surface area (TPSA) is 55.4 Å². The first-order valence-electron chi connectivity index (χ1n) is 7.36. The van der Waals surface area contributed by atoms with E-state index in [4.69, 9.17) is 4.74 Å². The molecule has 2 aromatic carbocycles.